The van der Waals surface area contributed by atoms with Crippen molar-refractivity contribution < 1.29 is 24.1 Å². The third kappa shape index (κ3) is 7.00. The van der Waals surface area contributed by atoms with Crippen LogP contribution in [0.15, 0.2) is 36.5 Å². The molecule has 240 valence electrons. The fourth-order valence-corrected chi connectivity index (χ4v) is 7.01. The third-order valence-corrected chi connectivity index (χ3v) is 9.51. The van der Waals surface area contributed by atoms with Gasteiger partial charge in [0.15, 0.2) is 11.8 Å². The SMILES string of the molecule is Cc1nc2cc3nn2c(c1[C@H](OC(C)(C)C)C(=O)O)N1CCC(C)(CC1)OCCCCCOc1ccccc1Cc1cnc-3s1. The first-order chi connectivity index (χ1) is 21.5. The number of ether oxygens (including phenoxy) is 3. The highest BCUT2D eigenvalue weighted by Gasteiger charge is 2.38. The van der Waals surface area contributed by atoms with Crippen molar-refractivity contribution in [2.45, 2.75) is 90.4 Å². The summed E-state index contributed by atoms with van der Waals surface area (Å²) in [5, 5.41) is 16.2. The molecule has 6 bridgehead atoms. The molecule has 0 saturated carbocycles. The zero-order chi connectivity index (χ0) is 31.8. The van der Waals surface area contributed by atoms with E-state index in [-0.39, 0.29) is 5.60 Å². The Labute approximate surface area is 268 Å². The number of aromatic nitrogens is 4. The molecule has 1 fully saturated rings. The van der Waals surface area contributed by atoms with Gasteiger partial charge in [0.1, 0.15) is 22.3 Å². The molecule has 3 aromatic heterocycles. The van der Waals surface area contributed by atoms with E-state index >= 15 is 0 Å². The van der Waals surface area contributed by atoms with Crippen molar-refractivity contribution in [1.82, 2.24) is 19.6 Å². The minimum absolute atomic E-state index is 0.257. The van der Waals surface area contributed by atoms with E-state index in [0.29, 0.717) is 61.1 Å². The van der Waals surface area contributed by atoms with Crippen LogP contribution in [0.5, 0.6) is 5.75 Å². The average Bonchev–Trinajstić information content (AvgIpc) is 3.62. The lowest BCUT2D eigenvalue weighted by Gasteiger charge is -2.41. The minimum Gasteiger partial charge on any atom is -0.493 e. The highest BCUT2D eigenvalue weighted by molar-refractivity contribution is 7.15. The molecule has 11 heteroatoms. The van der Waals surface area contributed by atoms with Gasteiger partial charge in [-0.2, -0.15) is 9.61 Å². The number of anilines is 1. The fraction of sp³-hybridized carbons (Fsp3) is 0.529. The van der Waals surface area contributed by atoms with Gasteiger partial charge in [-0.05, 0) is 78.4 Å². The van der Waals surface area contributed by atoms with Crippen LogP contribution in [0.2, 0.25) is 0 Å². The van der Waals surface area contributed by atoms with Crippen molar-refractivity contribution in [2.75, 3.05) is 31.2 Å². The lowest BCUT2D eigenvalue weighted by atomic mass is 9.92. The summed E-state index contributed by atoms with van der Waals surface area (Å²) in [6, 6.07) is 10.1. The first-order valence-electron chi connectivity index (χ1n) is 15.9. The molecule has 0 aliphatic carbocycles. The van der Waals surface area contributed by atoms with E-state index in [2.05, 4.69) is 17.9 Å². The number of carboxylic acid groups (broad SMARTS) is 1. The van der Waals surface area contributed by atoms with Gasteiger partial charge in [0.2, 0.25) is 0 Å². The van der Waals surface area contributed by atoms with Crippen molar-refractivity contribution in [3.63, 3.8) is 0 Å². The molecule has 10 nitrogen and oxygen atoms in total. The summed E-state index contributed by atoms with van der Waals surface area (Å²) in [6.07, 6.45) is 5.98. The van der Waals surface area contributed by atoms with Gasteiger partial charge in [-0.1, -0.05) is 18.2 Å². The Morgan fingerprint density at radius 1 is 1.13 bits per heavy atom. The van der Waals surface area contributed by atoms with Gasteiger partial charge >= 0.3 is 5.97 Å². The molecule has 6 heterocycles. The summed E-state index contributed by atoms with van der Waals surface area (Å²) >= 11 is 1.59. The summed E-state index contributed by atoms with van der Waals surface area (Å²) in [5.41, 5.74) is 2.65. The second kappa shape index (κ2) is 12.7. The van der Waals surface area contributed by atoms with Crippen LogP contribution in [0.3, 0.4) is 0 Å². The van der Waals surface area contributed by atoms with E-state index in [1.165, 1.54) is 0 Å². The summed E-state index contributed by atoms with van der Waals surface area (Å²) in [6.45, 7) is 12.4. The number of benzene rings is 1. The van der Waals surface area contributed by atoms with E-state index in [4.69, 9.17) is 29.3 Å². The van der Waals surface area contributed by atoms with Crippen LogP contribution in [-0.2, 0) is 20.7 Å². The number of fused-ring (bicyclic) bond motifs is 8. The molecule has 45 heavy (non-hydrogen) atoms. The standard InChI is InChI=1S/C34H43N5O5S/c1-22-28(29(32(40)41)44-33(2,3)4)31-38-15-13-34(5,14-16-38)43-18-10-6-9-17-42-26-12-8-7-11-23(26)19-24-21-35-30(45-24)25-20-27(36-22)39(31)37-25/h7-8,11-12,20-21,29H,6,9-10,13-19H2,1-5H3,(H,40,41)/t29-/m0/s1. The minimum atomic E-state index is -1.21. The number of aliphatic carboxylic acids is 1. The van der Waals surface area contributed by atoms with Gasteiger partial charge in [-0.15, -0.1) is 11.3 Å². The van der Waals surface area contributed by atoms with E-state index in [1.807, 2.05) is 58.2 Å². The zero-order valence-electron chi connectivity index (χ0n) is 26.8. The van der Waals surface area contributed by atoms with Gasteiger partial charge in [0.05, 0.1) is 23.4 Å². The van der Waals surface area contributed by atoms with Crippen molar-refractivity contribution in [3.8, 4) is 16.5 Å². The molecule has 4 aromatic rings. The molecule has 3 aliphatic rings. The molecule has 1 aromatic carbocycles. The number of piperidine rings is 1. The molecule has 3 aliphatic heterocycles. The molecule has 0 unspecified atom stereocenters. The molecule has 1 N–H and O–H groups in total. The molecule has 0 spiro atoms. The Morgan fingerprint density at radius 3 is 2.64 bits per heavy atom. The van der Waals surface area contributed by atoms with E-state index < -0.39 is 17.7 Å². The molecule has 1 atom stereocenters. The molecule has 7 rings (SSSR count). The van der Waals surface area contributed by atoms with Crippen LogP contribution in [0.4, 0.5) is 5.82 Å². The van der Waals surface area contributed by atoms with E-state index in [0.717, 1.165) is 53.3 Å². The van der Waals surface area contributed by atoms with Crippen molar-refractivity contribution in [3.05, 3.63) is 58.2 Å². The van der Waals surface area contributed by atoms with Gasteiger partial charge < -0.3 is 24.2 Å². The number of carbonyl (C=O) groups is 1. The number of nitrogens with zero attached hydrogens (tertiary/aromatic N) is 5. The van der Waals surface area contributed by atoms with Gasteiger partial charge in [0, 0.05) is 49.0 Å². The summed E-state index contributed by atoms with van der Waals surface area (Å²) < 4.78 is 20.6. The number of carboxylic acids is 1. The van der Waals surface area contributed by atoms with Crippen molar-refractivity contribution in [1.29, 1.82) is 0 Å². The summed E-state index contributed by atoms with van der Waals surface area (Å²) in [5.74, 6) is 0.554. The van der Waals surface area contributed by atoms with Gasteiger partial charge in [0.25, 0.3) is 0 Å². The number of rotatable bonds is 3. The molecular weight excluding hydrogens is 590 g/mol. The Morgan fingerprint density at radius 2 is 1.89 bits per heavy atom. The Bertz CT molecular complexity index is 1670. The third-order valence-electron chi connectivity index (χ3n) is 8.49. The Hall–Kier alpha value is -3.54. The predicted octanol–water partition coefficient (Wildman–Crippen LogP) is 6.63. The van der Waals surface area contributed by atoms with Crippen LogP contribution < -0.4 is 9.64 Å². The van der Waals surface area contributed by atoms with Crippen LogP contribution in [0, 0.1) is 6.92 Å². The molecule has 0 amide bonds. The first kappa shape index (κ1) is 31.4. The second-order valence-corrected chi connectivity index (χ2v) is 14.4. The van der Waals surface area contributed by atoms with Crippen LogP contribution in [-0.4, -0.2) is 68.2 Å². The number of thiazole rings is 1. The molecule has 0 radical (unpaired) electrons. The maximum atomic E-state index is 12.7. The van der Waals surface area contributed by atoms with Crippen molar-refractivity contribution in [2.24, 2.45) is 0 Å². The largest absolute Gasteiger partial charge is 0.493 e. The number of hydrogen-bond acceptors (Lipinski definition) is 9. The summed E-state index contributed by atoms with van der Waals surface area (Å²) in [4.78, 5) is 25.7. The van der Waals surface area contributed by atoms with Gasteiger partial charge in [-0.3, -0.25) is 0 Å². The average molecular weight is 634 g/mol. The highest BCUT2D eigenvalue weighted by atomic mass is 32.1. The number of aryl methyl sites for hydroxylation is 1. The van der Waals surface area contributed by atoms with Crippen molar-refractivity contribution >= 4 is 28.8 Å². The topological polar surface area (TPSA) is 111 Å². The van der Waals surface area contributed by atoms with Crippen LogP contribution >= 0.6 is 11.3 Å². The molecule has 1 saturated heterocycles. The second-order valence-electron chi connectivity index (χ2n) is 13.3. The maximum absolute atomic E-state index is 12.7. The first-order valence-corrected chi connectivity index (χ1v) is 16.7. The Kier molecular flexibility index (Phi) is 8.87. The highest BCUT2D eigenvalue weighted by Crippen LogP contribution is 2.39. The fourth-order valence-electron chi connectivity index (χ4n) is 6.12. The quantitative estimate of drug-likeness (QED) is 0.266. The predicted molar refractivity (Wildman–Crippen MR) is 174 cm³/mol. The monoisotopic (exact) mass is 633 g/mol. The zero-order valence-corrected chi connectivity index (χ0v) is 27.7. The van der Waals surface area contributed by atoms with Crippen LogP contribution in [0.25, 0.3) is 16.3 Å². The van der Waals surface area contributed by atoms with Crippen LogP contribution in [0.1, 0.15) is 87.6 Å². The van der Waals surface area contributed by atoms with E-state index in [1.54, 1.807) is 15.9 Å². The normalized spacial score (nSPS) is 18.3. The molecular formula is C34H43N5O5S. The van der Waals surface area contributed by atoms with Gasteiger partial charge in [-0.25, -0.2) is 14.8 Å². The maximum Gasteiger partial charge on any atom is 0.337 e. The number of hydrogen-bond donors (Lipinski definition) is 1. The number of para-hydroxylation sites is 1. The lowest BCUT2D eigenvalue weighted by molar-refractivity contribution is -0.160. The lowest BCUT2D eigenvalue weighted by Crippen LogP contribution is -2.46. The Balaban J connectivity index is 1.46. The summed E-state index contributed by atoms with van der Waals surface area (Å²) in [7, 11) is 0. The smallest absolute Gasteiger partial charge is 0.337 e. The van der Waals surface area contributed by atoms with E-state index in [9.17, 15) is 9.90 Å².